The Bertz CT molecular complexity index is 240. The van der Waals surface area contributed by atoms with Crippen molar-refractivity contribution in [2.24, 2.45) is 0 Å². The molecule has 0 aromatic heterocycles. The molecule has 0 rings (SSSR count). The number of carbonyl (C=O) groups excluding carboxylic acids is 1. The van der Waals surface area contributed by atoms with Crippen LogP contribution in [0, 0.1) is 0 Å². The van der Waals surface area contributed by atoms with Crippen molar-refractivity contribution < 1.29 is 45.7 Å². The van der Waals surface area contributed by atoms with Crippen LogP contribution in [0.15, 0.2) is 0 Å². The summed E-state index contributed by atoms with van der Waals surface area (Å²) in [6, 6.07) is 0. The number of amides is 1. The molecule has 0 atom stereocenters. The average Bonchev–Trinajstić information content (AvgIpc) is 2.26. The number of unbranched alkanes of at least 4 members (excludes halogenated alkanes) is 6. The van der Waals surface area contributed by atoms with E-state index in [0.29, 0.717) is 6.42 Å². The Kier molecular flexibility index (Phi) is 15.1. The zero-order valence-electron chi connectivity index (χ0n) is 13.1. The fourth-order valence-corrected chi connectivity index (χ4v) is 1.72. The number of hydrogen-bond donors (Lipinski definition) is 1. The van der Waals surface area contributed by atoms with E-state index in [0.717, 1.165) is 12.8 Å². The molecule has 0 bridgehead atoms. The molecule has 1 amide bonds. The molecule has 0 radical (unpaired) electrons. The predicted octanol–water partition coefficient (Wildman–Crippen LogP) is -0.213. The van der Waals surface area contributed by atoms with Crippen LogP contribution < -0.4 is 29.6 Å². The third-order valence-corrected chi connectivity index (χ3v) is 2.79. The van der Waals surface area contributed by atoms with E-state index in [4.69, 9.17) is 5.11 Å². The van der Waals surface area contributed by atoms with Gasteiger partial charge in [-0.25, -0.2) is 0 Å². The topological polar surface area (TPSA) is 57.6 Å². The van der Waals surface area contributed by atoms with Crippen LogP contribution in [0.25, 0.3) is 0 Å². The smallest absolute Gasteiger partial charge is 1.00 e. The molecule has 18 heavy (non-hydrogen) atoms. The van der Waals surface area contributed by atoms with Crippen molar-refractivity contribution in [1.29, 1.82) is 0 Å². The van der Waals surface area contributed by atoms with Crippen molar-refractivity contribution in [3.63, 3.8) is 0 Å². The molecule has 0 aliphatic heterocycles. The quantitative estimate of drug-likeness (QED) is 0.440. The van der Waals surface area contributed by atoms with Gasteiger partial charge in [-0.15, -0.1) is 0 Å². The van der Waals surface area contributed by atoms with E-state index < -0.39 is 5.97 Å². The van der Waals surface area contributed by atoms with Crippen LogP contribution in [-0.4, -0.2) is 35.5 Å². The molecule has 0 saturated heterocycles. The van der Waals surface area contributed by atoms with Gasteiger partial charge in [-0.2, -0.15) is 0 Å². The number of likely N-dealkylation sites (N-methyl/N-ethyl adjacent to an activating group) is 1. The van der Waals surface area contributed by atoms with Gasteiger partial charge in [0.05, 0.1) is 0 Å². The standard InChI is InChI=1S/C13H25NO3.Na.H/c1-3-4-5-6-7-8-9-10-12(15)14(2)11-13(16)17;;/h3-11H2,1-2H3,(H,16,17);;/q;+1;-1. The van der Waals surface area contributed by atoms with Gasteiger partial charge in [-0.3, -0.25) is 9.59 Å². The Labute approximate surface area is 134 Å². The number of carbonyl (C=O) groups is 2. The summed E-state index contributed by atoms with van der Waals surface area (Å²) in [5, 5.41) is 8.53. The summed E-state index contributed by atoms with van der Waals surface area (Å²) in [4.78, 5) is 23.2. The van der Waals surface area contributed by atoms with Gasteiger partial charge in [-0.1, -0.05) is 45.4 Å². The van der Waals surface area contributed by atoms with Gasteiger partial charge in [0, 0.05) is 13.5 Å². The molecule has 0 fully saturated rings. The average molecular weight is 267 g/mol. The predicted molar refractivity (Wildman–Crippen MR) is 69.0 cm³/mol. The first kappa shape index (κ1) is 20.3. The SMILES string of the molecule is CCCCCCCCCC(=O)N(C)CC(=O)O.[H-].[Na+]. The first-order chi connectivity index (χ1) is 8.07. The first-order valence-corrected chi connectivity index (χ1v) is 6.53. The maximum Gasteiger partial charge on any atom is 1.00 e. The van der Waals surface area contributed by atoms with Crippen molar-refractivity contribution in [1.82, 2.24) is 4.90 Å². The molecule has 0 heterocycles. The number of hydrogen-bond acceptors (Lipinski definition) is 2. The molecule has 5 heteroatoms. The Morgan fingerprint density at radius 3 is 2.06 bits per heavy atom. The van der Waals surface area contributed by atoms with E-state index in [1.165, 1.54) is 44.1 Å². The normalized spacial score (nSPS) is 9.67. The maximum absolute atomic E-state index is 11.5. The molecule has 0 saturated carbocycles. The number of aliphatic carboxylic acids is 1. The van der Waals surface area contributed by atoms with Gasteiger partial charge in [-0.05, 0) is 6.42 Å². The van der Waals surface area contributed by atoms with Gasteiger partial charge in [0.2, 0.25) is 5.91 Å². The largest absolute Gasteiger partial charge is 1.00 e. The van der Waals surface area contributed by atoms with Crippen LogP contribution in [0.3, 0.4) is 0 Å². The molecule has 102 valence electrons. The maximum atomic E-state index is 11.5. The summed E-state index contributed by atoms with van der Waals surface area (Å²) in [7, 11) is 1.54. The van der Waals surface area contributed by atoms with E-state index in [2.05, 4.69) is 6.92 Å². The second-order valence-corrected chi connectivity index (χ2v) is 4.51. The molecule has 0 aromatic carbocycles. The molecular formula is C13H26NNaO3. The van der Waals surface area contributed by atoms with Crippen molar-refractivity contribution >= 4 is 11.9 Å². The molecule has 0 spiro atoms. The summed E-state index contributed by atoms with van der Waals surface area (Å²) in [6.45, 7) is 1.99. The van der Waals surface area contributed by atoms with E-state index in [1.54, 1.807) is 0 Å². The molecule has 1 N–H and O–H groups in total. The third kappa shape index (κ3) is 12.4. The minimum Gasteiger partial charge on any atom is -1.00 e. The zero-order valence-corrected chi connectivity index (χ0v) is 14.1. The van der Waals surface area contributed by atoms with E-state index in [-0.39, 0.29) is 43.4 Å². The fourth-order valence-electron chi connectivity index (χ4n) is 1.72. The Hall–Kier alpha value is -0.0600. The number of carboxylic acid groups (broad SMARTS) is 1. The van der Waals surface area contributed by atoms with Crippen molar-refractivity contribution in [2.45, 2.75) is 58.3 Å². The van der Waals surface area contributed by atoms with Crippen LogP contribution in [0.1, 0.15) is 59.7 Å². The summed E-state index contributed by atoms with van der Waals surface area (Å²) < 4.78 is 0. The minimum absolute atomic E-state index is 0. The van der Waals surface area contributed by atoms with Gasteiger partial charge >= 0.3 is 35.5 Å². The Morgan fingerprint density at radius 2 is 1.56 bits per heavy atom. The van der Waals surface area contributed by atoms with Gasteiger partial charge in [0.25, 0.3) is 0 Å². The molecule has 0 unspecified atom stereocenters. The van der Waals surface area contributed by atoms with Crippen molar-refractivity contribution in [2.75, 3.05) is 13.6 Å². The Balaban J connectivity index is -0.00000128. The number of carboxylic acids is 1. The summed E-state index contributed by atoms with van der Waals surface area (Å²) in [6.07, 6.45) is 8.65. The summed E-state index contributed by atoms with van der Waals surface area (Å²) >= 11 is 0. The monoisotopic (exact) mass is 267 g/mol. The molecule has 0 aliphatic carbocycles. The molecular weight excluding hydrogens is 241 g/mol. The Morgan fingerprint density at radius 1 is 1.06 bits per heavy atom. The van der Waals surface area contributed by atoms with Crippen LogP contribution in [0.5, 0.6) is 0 Å². The summed E-state index contributed by atoms with van der Waals surface area (Å²) in [5.74, 6) is -1.03. The van der Waals surface area contributed by atoms with E-state index in [1.807, 2.05) is 0 Å². The molecule has 4 nitrogen and oxygen atoms in total. The van der Waals surface area contributed by atoms with Crippen molar-refractivity contribution in [3.8, 4) is 0 Å². The van der Waals surface area contributed by atoms with Gasteiger partial charge in [0.15, 0.2) is 0 Å². The number of nitrogens with zero attached hydrogens (tertiary/aromatic N) is 1. The second kappa shape index (κ2) is 13.4. The van der Waals surface area contributed by atoms with Gasteiger partial charge < -0.3 is 11.4 Å². The second-order valence-electron chi connectivity index (χ2n) is 4.51. The minimum atomic E-state index is -0.958. The first-order valence-electron chi connectivity index (χ1n) is 6.53. The van der Waals surface area contributed by atoms with E-state index in [9.17, 15) is 9.59 Å². The van der Waals surface area contributed by atoms with E-state index >= 15 is 0 Å². The number of rotatable bonds is 10. The molecule has 0 aliphatic rings. The zero-order chi connectivity index (χ0) is 13.1. The fraction of sp³-hybridized carbons (Fsp3) is 0.846. The van der Waals surface area contributed by atoms with Crippen molar-refractivity contribution in [3.05, 3.63) is 0 Å². The van der Waals surface area contributed by atoms with Crippen LogP contribution >= 0.6 is 0 Å². The molecule has 0 aromatic rings. The summed E-state index contributed by atoms with van der Waals surface area (Å²) in [5.41, 5.74) is 0. The van der Waals surface area contributed by atoms with Crippen LogP contribution in [-0.2, 0) is 9.59 Å². The van der Waals surface area contributed by atoms with Crippen LogP contribution in [0.4, 0.5) is 0 Å². The third-order valence-electron chi connectivity index (χ3n) is 2.79. The van der Waals surface area contributed by atoms with Gasteiger partial charge in [0.1, 0.15) is 6.54 Å². The van der Waals surface area contributed by atoms with Crippen LogP contribution in [0.2, 0.25) is 0 Å².